The number of nitro groups is 1. The Hall–Kier alpha value is -3.13. The standard InChI is InChI=1S/C19H21N3O5/c1-12-4-6-15(22(24)25)19(13(12)2)20-18(23)10-21(3)9-14-5-7-16-17(8-14)27-11-26-16/h4-8H,9-11H2,1-3H3,(H,20,23). The Bertz CT molecular complexity index is 897. The van der Waals surface area contributed by atoms with Crippen LogP contribution in [0.1, 0.15) is 16.7 Å². The summed E-state index contributed by atoms with van der Waals surface area (Å²) in [4.78, 5) is 25.0. The number of rotatable bonds is 6. The van der Waals surface area contributed by atoms with Gasteiger partial charge in [0.15, 0.2) is 11.5 Å². The second-order valence-corrected chi connectivity index (χ2v) is 6.57. The Morgan fingerprint density at radius 2 is 1.96 bits per heavy atom. The lowest BCUT2D eigenvalue weighted by molar-refractivity contribution is -0.384. The molecule has 8 heteroatoms. The third kappa shape index (κ3) is 4.17. The molecule has 0 aromatic heterocycles. The number of nitrogens with zero attached hydrogens (tertiary/aromatic N) is 2. The highest BCUT2D eigenvalue weighted by molar-refractivity contribution is 5.95. The Labute approximate surface area is 156 Å². The molecule has 27 heavy (non-hydrogen) atoms. The van der Waals surface area contributed by atoms with Crippen molar-refractivity contribution in [3.05, 3.63) is 57.1 Å². The number of anilines is 1. The van der Waals surface area contributed by atoms with Crippen molar-refractivity contribution in [1.82, 2.24) is 4.90 Å². The molecule has 1 amide bonds. The van der Waals surface area contributed by atoms with Crippen LogP contribution < -0.4 is 14.8 Å². The molecule has 0 aliphatic carbocycles. The Morgan fingerprint density at radius 1 is 1.22 bits per heavy atom. The molecule has 1 N–H and O–H groups in total. The van der Waals surface area contributed by atoms with Crippen LogP contribution in [0.2, 0.25) is 0 Å². The van der Waals surface area contributed by atoms with E-state index in [1.165, 1.54) is 6.07 Å². The van der Waals surface area contributed by atoms with Gasteiger partial charge >= 0.3 is 0 Å². The highest BCUT2D eigenvalue weighted by Crippen LogP contribution is 2.33. The number of hydrogen-bond donors (Lipinski definition) is 1. The van der Waals surface area contributed by atoms with Crippen LogP contribution in [-0.4, -0.2) is 36.1 Å². The average Bonchev–Trinajstić information content (AvgIpc) is 3.06. The molecule has 8 nitrogen and oxygen atoms in total. The summed E-state index contributed by atoms with van der Waals surface area (Å²) >= 11 is 0. The van der Waals surface area contributed by atoms with Crippen LogP contribution in [0.15, 0.2) is 30.3 Å². The minimum absolute atomic E-state index is 0.0962. The first-order valence-electron chi connectivity index (χ1n) is 8.46. The molecule has 0 unspecified atom stereocenters. The van der Waals surface area contributed by atoms with Crippen molar-refractivity contribution in [3.8, 4) is 11.5 Å². The Balaban J connectivity index is 1.66. The molecule has 0 radical (unpaired) electrons. The molecule has 2 aromatic rings. The zero-order valence-electron chi connectivity index (χ0n) is 15.4. The molecular formula is C19H21N3O5. The predicted octanol–water partition coefficient (Wildman–Crippen LogP) is 3.01. The number of hydrogen-bond acceptors (Lipinski definition) is 6. The number of aryl methyl sites for hydroxylation is 1. The third-order valence-electron chi connectivity index (χ3n) is 4.48. The molecule has 1 aliphatic rings. The summed E-state index contributed by atoms with van der Waals surface area (Å²) in [5, 5.41) is 13.9. The molecule has 0 atom stereocenters. The van der Waals surface area contributed by atoms with Gasteiger partial charge in [0.25, 0.3) is 5.69 Å². The number of carbonyl (C=O) groups is 1. The van der Waals surface area contributed by atoms with Gasteiger partial charge < -0.3 is 14.8 Å². The van der Waals surface area contributed by atoms with Crippen molar-refractivity contribution in [1.29, 1.82) is 0 Å². The van der Waals surface area contributed by atoms with E-state index in [2.05, 4.69) is 5.32 Å². The SMILES string of the molecule is Cc1ccc([N+](=O)[O-])c(NC(=O)CN(C)Cc2ccc3c(c2)OCO3)c1C. The number of nitrogens with one attached hydrogen (secondary N) is 1. The summed E-state index contributed by atoms with van der Waals surface area (Å²) in [6.07, 6.45) is 0. The summed E-state index contributed by atoms with van der Waals surface area (Å²) in [5.41, 5.74) is 2.69. The number of nitro benzene ring substituents is 1. The second kappa shape index (κ2) is 7.63. The topological polar surface area (TPSA) is 93.9 Å². The number of amides is 1. The van der Waals surface area contributed by atoms with E-state index in [4.69, 9.17) is 9.47 Å². The normalized spacial score (nSPS) is 12.3. The smallest absolute Gasteiger partial charge is 0.293 e. The summed E-state index contributed by atoms with van der Waals surface area (Å²) in [6, 6.07) is 8.72. The minimum atomic E-state index is -0.488. The quantitative estimate of drug-likeness (QED) is 0.620. The lowest BCUT2D eigenvalue weighted by Gasteiger charge is -2.17. The molecule has 1 heterocycles. The van der Waals surface area contributed by atoms with Crippen LogP contribution in [0, 0.1) is 24.0 Å². The molecule has 0 fully saturated rings. The van der Waals surface area contributed by atoms with Gasteiger partial charge in [0.05, 0.1) is 11.5 Å². The first-order valence-corrected chi connectivity index (χ1v) is 8.46. The summed E-state index contributed by atoms with van der Waals surface area (Å²) in [5.74, 6) is 1.09. The minimum Gasteiger partial charge on any atom is -0.454 e. The van der Waals surface area contributed by atoms with Gasteiger partial charge in [-0.25, -0.2) is 0 Å². The van der Waals surface area contributed by atoms with Crippen LogP contribution in [0.5, 0.6) is 11.5 Å². The highest BCUT2D eigenvalue weighted by Gasteiger charge is 2.20. The zero-order chi connectivity index (χ0) is 19.6. The van der Waals surface area contributed by atoms with Crippen molar-refractivity contribution in [2.45, 2.75) is 20.4 Å². The second-order valence-electron chi connectivity index (χ2n) is 6.57. The largest absolute Gasteiger partial charge is 0.454 e. The summed E-state index contributed by atoms with van der Waals surface area (Å²) in [7, 11) is 1.81. The van der Waals surface area contributed by atoms with E-state index in [0.717, 1.165) is 11.1 Å². The Kier molecular flexibility index (Phi) is 5.27. The molecule has 0 spiro atoms. The average molecular weight is 371 g/mol. The highest BCUT2D eigenvalue weighted by atomic mass is 16.7. The fraction of sp³-hybridized carbons (Fsp3) is 0.316. The van der Waals surface area contributed by atoms with Crippen LogP contribution >= 0.6 is 0 Å². The number of carbonyl (C=O) groups excluding carboxylic acids is 1. The van der Waals surface area contributed by atoms with E-state index in [1.54, 1.807) is 13.0 Å². The molecular weight excluding hydrogens is 350 g/mol. The van der Waals surface area contributed by atoms with Crippen molar-refractivity contribution < 1.29 is 19.2 Å². The van der Waals surface area contributed by atoms with Gasteiger partial charge in [-0.1, -0.05) is 12.1 Å². The van der Waals surface area contributed by atoms with Gasteiger partial charge in [-0.3, -0.25) is 19.8 Å². The van der Waals surface area contributed by atoms with E-state index >= 15 is 0 Å². The fourth-order valence-electron chi connectivity index (χ4n) is 2.94. The molecule has 0 bridgehead atoms. The van der Waals surface area contributed by atoms with Crippen molar-refractivity contribution >= 4 is 17.3 Å². The van der Waals surface area contributed by atoms with Gasteiger partial charge in [0.1, 0.15) is 5.69 Å². The molecule has 0 saturated carbocycles. The van der Waals surface area contributed by atoms with E-state index in [1.807, 2.05) is 37.1 Å². The monoisotopic (exact) mass is 371 g/mol. The maximum absolute atomic E-state index is 12.4. The Morgan fingerprint density at radius 3 is 2.70 bits per heavy atom. The third-order valence-corrected chi connectivity index (χ3v) is 4.48. The first-order chi connectivity index (χ1) is 12.8. The molecule has 2 aromatic carbocycles. The maximum atomic E-state index is 12.4. The van der Waals surface area contributed by atoms with Gasteiger partial charge in [-0.2, -0.15) is 0 Å². The van der Waals surface area contributed by atoms with E-state index in [0.29, 0.717) is 23.6 Å². The van der Waals surface area contributed by atoms with Crippen LogP contribution in [0.25, 0.3) is 0 Å². The first kappa shape index (κ1) is 18.7. The molecule has 3 rings (SSSR count). The van der Waals surface area contributed by atoms with Gasteiger partial charge in [-0.15, -0.1) is 0 Å². The summed E-state index contributed by atoms with van der Waals surface area (Å²) in [6.45, 7) is 4.44. The molecule has 142 valence electrons. The van der Waals surface area contributed by atoms with E-state index in [-0.39, 0.29) is 30.6 Å². The zero-order valence-corrected chi connectivity index (χ0v) is 15.4. The van der Waals surface area contributed by atoms with Crippen molar-refractivity contribution in [3.63, 3.8) is 0 Å². The van der Waals surface area contributed by atoms with Crippen LogP contribution in [-0.2, 0) is 11.3 Å². The fourth-order valence-corrected chi connectivity index (χ4v) is 2.94. The van der Waals surface area contributed by atoms with Crippen molar-refractivity contribution in [2.75, 3.05) is 25.7 Å². The van der Waals surface area contributed by atoms with Crippen LogP contribution in [0.3, 0.4) is 0 Å². The summed E-state index contributed by atoms with van der Waals surface area (Å²) < 4.78 is 10.6. The van der Waals surface area contributed by atoms with E-state index < -0.39 is 4.92 Å². The number of benzene rings is 2. The van der Waals surface area contributed by atoms with Gasteiger partial charge in [0, 0.05) is 12.6 Å². The van der Waals surface area contributed by atoms with Gasteiger partial charge in [-0.05, 0) is 49.7 Å². The number of fused-ring (bicyclic) bond motifs is 1. The lowest BCUT2D eigenvalue weighted by atomic mass is 10.1. The molecule has 0 saturated heterocycles. The number of likely N-dealkylation sites (N-methyl/N-ethyl adjacent to an activating group) is 1. The van der Waals surface area contributed by atoms with E-state index in [9.17, 15) is 14.9 Å². The van der Waals surface area contributed by atoms with Crippen LogP contribution in [0.4, 0.5) is 11.4 Å². The van der Waals surface area contributed by atoms with Crippen molar-refractivity contribution in [2.24, 2.45) is 0 Å². The maximum Gasteiger partial charge on any atom is 0.293 e. The number of ether oxygens (including phenoxy) is 2. The lowest BCUT2D eigenvalue weighted by Crippen LogP contribution is -2.30. The predicted molar refractivity (Wildman–Crippen MR) is 100 cm³/mol. The van der Waals surface area contributed by atoms with Gasteiger partial charge in [0.2, 0.25) is 12.7 Å². The molecule has 1 aliphatic heterocycles.